The molecule has 254 valence electrons. The Hall–Kier alpha value is -7.16. The largest absolute Gasteiger partial charge is 0.455 e. The second kappa shape index (κ2) is 13.4. The van der Waals surface area contributed by atoms with Gasteiger partial charge in [0.15, 0.2) is 0 Å². The van der Waals surface area contributed by atoms with Crippen molar-refractivity contribution >= 4 is 49.8 Å². The summed E-state index contributed by atoms with van der Waals surface area (Å²) in [6.07, 6.45) is 0. The second-order valence-corrected chi connectivity index (χ2v) is 13.7. The fourth-order valence-electron chi connectivity index (χ4n) is 7.85. The molecule has 9 aromatic carbocycles. The van der Waals surface area contributed by atoms with E-state index in [9.17, 15) is 0 Å². The van der Waals surface area contributed by atoms with Crippen molar-refractivity contribution in [3.8, 4) is 44.5 Å². The minimum Gasteiger partial charge on any atom is -0.455 e. The smallest absolute Gasteiger partial charge is 0.143 e. The molecule has 0 saturated carbocycles. The SMILES string of the molecule is c1ccc(-c2ccc(-c3ccc(N(c4cccc(-c5cccc6c5oc5ccccc56)c4)c4ccc(-c5ccccc5)c5ccccc45)cc3)cc2)cc1. The van der Waals surface area contributed by atoms with Crippen molar-refractivity contribution in [3.63, 3.8) is 0 Å². The molecule has 0 aliphatic rings. The van der Waals surface area contributed by atoms with Crippen molar-refractivity contribution in [2.24, 2.45) is 0 Å². The Labute approximate surface area is 314 Å². The predicted octanol–water partition coefficient (Wildman–Crippen LogP) is 14.9. The Bertz CT molecular complexity index is 2910. The van der Waals surface area contributed by atoms with E-state index in [1.807, 2.05) is 12.1 Å². The lowest BCUT2D eigenvalue weighted by Crippen LogP contribution is -2.10. The highest BCUT2D eigenvalue weighted by molar-refractivity contribution is 6.10. The summed E-state index contributed by atoms with van der Waals surface area (Å²) in [6.45, 7) is 0. The number of furan rings is 1. The number of nitrogens with zero attached hydrogens (tertiary/aromatic N) is 1. The zero-order valence-corrected chi connectivity index (χ0v) is 29.6. The topological polar surface area (TPSA) is 16.4 Å². The minimum atomic E-state index is 0.900. The monoisotopic (exact) mass is 689 g/mol. The molecule has 0 bridgehead atoms. The summed E-state index contributed by atoms with van der Waals surface area (Å²) in [5.41, 5.74) is 14.5. The molecule has 10 aromatic rings. The van der Waals surface area contributed by atoms with E-state index in [1.54, 1.807) is 0 Å². The van der Waals surface area contributed by atoms with E-state index < -0.39 is 0 Å². The third-order valence-corrected chi connectivity index (χ3v) is 10.5. The molecule has 1 aromatic heterocycles. The van der Waals surface area contributed by atoms with Crippen LogP contribution in [0.25, 0.3) is 77.2 Å². The maximum atomic E-state index is 6.49. The van der Waals surface area contributed by atoms with Gasteiger partial charge in [-0.25, -0.2) is 0 Å². The van der Waals surface area contributed by atoms with E-state index in [1.165, 1.54) is 44.2 Å². The third-order valence-electron chi connectivity index (χ3n) is 10.5. The number of benzene rings is 9. The maximum Gasteiger partial charge on any atom is 0.143 e. The highest BCUT2D eigenvalue weighted by atomic mass is 16.3. The number of hydrogen-bond acceptors (Lipinski definition) is 2. The summed E-state index contributed by atoms with van der Waals surface area (Å²) < 4.78 is 6.49. The van der Waals surface area contributed by atoms with Crippen LogP contribution >= 0.6 is 0 Å². The van der Waals surface area contributed by atoms with Gasteiger partial charge >= 0.3 is 0 Å². The van der Waals surface area contributed by atoms with Crippen molar-refractivity contribution in [3.05, 3.63) is 212 Å². The Balaban J connectivity index is 1.11. The molecule has 0 atom stereocenters. The van der Waals surface area contributed by atoms with Crippen LogP contribution < -0.4 is 4.90 Å². The summed E-state index contributed by atoms with van der Waals surface area (Å²) in [6, 6.07) is 75.8. The molecular weight excluding hydrogens is 655 g/mol. The first kappa shape index (κ1) is 31.6. The van der Waals surface area contributed by atoms with Crippen molar-refractivity contribution in [1.82, 2.24) is 0 Å². The summed E-state index contributed by atoms with van der Waals surface area (Å²) in [5, 5.41) is 4.65. The number of hydrogen-bond donors (Lipinski definition) is 0. The van der Waals surface area contributed by atoms with Gasteiger partial charge in [0.2, 0.25) is 0 Å². The summed E-state index contributed by atoms with van der Waals surface area (Å²) in [5.74, 6) is 0. The van der Waals surface area contributed by atoms with E-state index in [2.05, 4.69) is 205 Å². The minimum absolute atomic E-state index is 0.900. The normalized spacial score (nSPS) is 11.3. The molecule has 0 amide bonds. The highest BCUT2D eigenvalue weighted by Crippen LogP contribution is 2.44. The zero-order valence-electron chi connectivity index (χ0n) is 29.6. The van der Waals surface area contributed by atoms with Crippen molar-refractivity contribution in [1.29, 1.82) is 0 Å². The molecule has 0 aliphatic heterocycles. The van der Waals surface area contributed by atoms with Crippen LogP contribution in [-0.2, 0) is 0 Å². The van der Waals surface area contributed by atoms with Crippen molar-refractivity contribution < 1.29 is 4.42 Å². The van der Waals surface area contributed by atoms with Crippen LogP contribution in [0.3, 0.4) is 0 Å². The molecule has 2 heteroatoms. The molecule has 0 radical (unpaired) electrons. The van der Waals surface area contributed by atoms with Gasteiger partial charge in [-0.3, -0.25) is 0 Å². The van der Waals surface area contributed by atoms with Crippen LogP contribution in [0.4, 0.5) is 17.1 Å². The van der Waals surface area contributed by atoms with Gasteiger partial charge in [0, 0.05) is 33.1 Å². The first-order chi connectivity index (χ1) is 26.8. The Kier molecular flexibility index (Phi) is 7.85. The Morgan fingerprint density at radius 1 is 0.296 bits per heavy atom. The number of anilines is 3. The van der Waals surface area contributed by atoms with E-state index in [0.717, 1.165) is 50.1 Å². The Morgan fingerprint density at radius 2 is 0.833 bits per heavy atom. The standard InChI is InChI=1S/C52H35NO/c1-3-13-36(14-4-1)37-25-27-38(28-26-37)39-29-31-42(32-30-39)53(50-34-33-44(40-15-5-2-6-16-40)46-19-7-8-20-47(46)50)43-18-11-17-41(35-43)45-22-12-23-49-48-21-9-10-24-51(48)54-52(45)49/h1-35H. The van der Waals surface area contributed by atoms with Gasteiger partial charge in [-0.15, -0.1) is 0 Å². The van der Waals surface area contributed by atoms with E-state index in [0.29, 0.717) is 0 Å². The lowest BCUT2D eigenvalue weighted by molar-refractivity contribution is 0.670. The second-order valence-electron chi connectivity index (χ2n) is 13.7. The van der Waals surface area contributed by atoms with E-state index >= 15 is 0 Å². The van der Waals surface area contributed by atoms with Gasteiger partial charge in [0.25, 0.3) is 0 Å². The van der Waals surface area contributed by atoms with Crippen LogP contribution in [0.2, 0.25) is 0 Å². The number of fused-ring (bicyclic) bond motifs is 4. The molecule has 0 aliphatic carbocycles. The summed E-state index contributed by atoms with van der Waals surface area (Å²) in [7, 11) is 0. The molecule has 0 spiro atoms. The van der Waals surface area contributed by atoms with E-state index in [4.69, 9.17) is 4.42 Å². The number of rotatable bonds is 7. The van der Waals surface area contributed by atoms with Gasteiger partial charge in [-0.05, 0) is 80.7 Å². The van der Waals surface area contributed by atoms with Gasteiger partial charge in [-0.1, -0.05) is 176 Å². The fraction of sp³-hybridized carbons (Fsp3) is 0. The molecule has 54 heavy (non-hydrogen) atoms. The van der Waals surface area contributed by atoms with Crippen LogP contribution in [0, 0.1) is 0 Å². The molecule has 0 unspecified atom stereocenters. The molecule has 1 heterocycles. The quantitative estimate of drug-likeness (QED) is 0.166. The summed E-state index contributed by atoms with van der Waals surface area (Å²) in [4.78, 5) is 2.39. The average molecular weight is 690 g/mol. The predicted molar refractivity (Wildman–Crippen MR) is 228 cm³/mol. The molecule has 0 fully saturated rings. The Morgan fingerprint density at radius 3 is 1.56 bits per heavy atom. The van der Waals surface area contributed by atoms with Gasteiger partial charge < -0.3 is 9.32 Å². The van der Waals surface area contributed by atoms with Crippen LogP contribution in [0.5, 0.6) is 0 Å². The molecule has 2 nitrogen and oxygen atoms in total. The van der Waals surface area contributed by atoms with Crippen LogP contribution in [0.15, 0.2) is 217 Å². The van der Waals surface area contributed by atoms with Gasteiger partial charge in [0.1, 0.15) is 11.2 Å². The fourth-order valence-corrected chi connectivity index (χ4v) is 7.85. The lowest BCUT2D eigenvalue weighted by atomic mass is 9.96. The van der Waals surface area contributed by atoms with Crippen molar-refractivity contribution in [2.45, 2.75) is 0 Å². The lowest BCUT2D eigenvalue weighted by Gasteiger charge is -2.28. The first-order valence-corrected chi connectivity index (χ1v) is 18.4. The summed E-state index contributed by atoms with van der Waals surface area (Å²) >= 11 is 0. The number of para-hydroxylation sites is 2. The van der Waals surface area contributed by atoms with E-state index in [-0.39, 0.29) is 0 Å². The zero-order chi connectivity index (χ0) is 35.8. The highest BCUT2D eigenvalue weighted by Gasteiger charge is 2.19. The van der Waals surface area contributed by atoms with Gasteiger partial charge in [-0.2, -0.15) is 0 Å². The first-order valence-electron chi connectivity index (χ1n) is 18.4. The van der Waals surface area contributed by atoms with Crippen LogP contribution in [-0.4, -0.2) is 0 Å². The van der Waals surface area contributed by atoms with Crippen molar-refractivity contribution in [2.75, 3.05) is 4.90 Å². The third kappa shape index (κ3) is 5.62. The molecular formula is C52H35NO. The van der Waals surface area contributed by atoms with Gasteiger partial charge in [0.05, 0.1) is 5.69 Å². The molecule has 0 N–H and O–H groups in total. The average Bonchev–Trinajstić information content (AvgIpc) is 3.64. The molecule has 0 saturated heterocycles. The molecule has 10 rings (SSSR count). The van der Waals surface area contributed by atoms with Crippen LogP contribution in [0.1, 0.15) is 0 Å². The maximum absolute atomic E-state index is 6.49.